The summed E-state index contributed by atoms with van der Waals surface area (Å²) in [6, 6.07) is 6.27. The summed E-state index contributed by atoms with van der Waals surface area (Å²) in [6.07, 6.45) is 3.45. The molecule has 4 nitrogen and oxygen atoms in total. The number of unbranched alkanes of at least 4 members (excludes halogenated alkanes) is 1. The van der Waals surface area contributed by atoms with Gasteiger partial charge in [-0.25, -0.2) is 4.79 Å². The minimum Gasteiger partial charge on any atom is -0.478 e. The first-order chi connectivity index (χ1) is 9.54. The lowest BCUT2D eigenvalue weighted by molar-refractivity contribution is -0.117. The Morgan fingerprint density at radius 2 is 1.90 bits per heavy atom. The molecule has 2 rings (SSSR count). The highest BCUT2D eigenvalue weighted by Crippen LogP contribution is 2.49. The summed E-state index contributed by atoms with van der Waals surface area (Å²) in [6.45, 7) is 4.28. The van der Waals surface area contributed by atoms with E-state index in [2.05, 4.69) is 19.2 Å². The number of benzene rings is 1. The quantitative estimate of drug-likeness (QED) is 0.836. The monoisotopic (exact) mass is 275 g/mol. The number of amides is 1. The predicted octanol–water partition coefficient (Wildman–Crippen LogP) is 3.40. The maximum atomic E-state index is 12.2. The second kappa shape index (κ2) is 6.07. The van der Waals surface area contributed by atoms with Gasteiger partial charge in [-0.05, 0) is 42.5 Å². The van der Waals surface area contributed by atoms with Gasteiger partial charge in [0, 0.05) is 11.6 Å². The summed E-state index contributed by atoms with van der Waals surface area (Å²) < 4.78 is 0. The molecule has 1 aliphatic rings. The van der Waals surface area contributed by atoms with Crippen LogP contribution in [0.1, 0.15) is 43.5 Å². The van der Waals surface area contributed by atoms with Crippen LogP contribution in [-0.2, 0) is 4.79 Å². The minimum atomic E-state index is -0.960. The standard InChI is InChI=1S/C16H21NO3/c1-3-4-5-13-10(2)14(13)15(18)17-12-8-6-11(7-9-12)16(19)20/h6-10,13-14H,3-5H2,1-2H3,(H,17,18)(H,19,20)/t10-,13-,14+/m1/s1. The third-order valence-electron chi connectivity index (χ3n) is 4.16. The van der Waals surface area contributed by atoms with E-state index in [1.54, 1.807) is 12.1 Å². The van der Waals surface area contributed by atoms with Crippen molar-refractivity contribution in [1.82, 2.24) is 0 Å². The topological polar surface area (TPSA) is 66.4 Å². The fourth-order valence-corrected chi connectivity index (χ4v) is 2.78. The van der Waals surface area contributed by atoms with Crippen LogP contribution in [0.5, 0.6) is 0 Å². The van der Waals surface area contributed by atoms with Crippen molar-refractivity contribution in [3.8, 4) is 0 Å². The second-order valence-corrected chi connectivity index (χ2v) is 5.56. The second-order valence-electron chi connectivity index (χ2n) is 5.56. The number of rotatable bonds is 6. The number of carboxylic acids is 1. The average molecular weight is 275 g/mol. The average Bonchev–Trinajstić information content (AvgIpc) is 3.07. The molecule has 0 spiro atoms. The first-order valence-electron chi connectivity index (χ1n) is 7.18. The van der Waals surface area contributed by atoms with Gasteiger partial charge in [0.15, 0.2) is 0 Å². The SMILES string of the molecule is CCCC[C@@H]1[C@@H](C)[C@@H]1C(=O)Nc1ccc(C(=O)O)cc1. The fraction of sp³-hybridized carbons (Fsp3) is 0.500. The highest BCUT2D eigenvalue weighted by atomic mass is 16.4. The van der Waals surface area contributed by atoms with Gasteiger partial charge in [-0.2, -0.15) is 0 Å². The van der Waals surface area contributed by atoms with E-state index in [0.29, 0.717) is 17.5 Å². The van der Waals surface area contributed by atoms with Crippen LogP contribution in [0.4, 0.5) is 5.69 Å². The van der Waals surface area contributed by atoms with Crippen LogP contribution in [0.15, 0.2) is 24.3 Å². The van der Waals surface area contributed by atoms with E-state index in [9.17, 15) is 9.59 Å². The Morgan fingerprint density at radius 3 is 2.45 bits per heavy atom. The molecule has 1 aliphatic carbocycles. The molecule has 1 amide bonds. The van der Waals surface area contributed by atoms with Gasteiger partial charge in [0.25, 0.3) is 0 Å². The number of hydrogen-bond acceptors (Lipinski definition) is 2. The largest absolute Gasteiger partial charge is 0.478 e. The van der Waals surface area contributed by atoms with Crippen molar-refractivity contribution >= 4 is 17.6 Å². The van der Waals surface area contributed by atoms with Crippen LogP contribution in [0, 0.1) is 17.8 Å². The molecule has 20 heavy (non-hydrogen) atoms. The summed E-state index contributed by atoms with van der Waals surface area (Å²) in [4.78, 5) is 22.9. The van der Waals surface area contributed by atoms with Crippen LogP contribution in [0.25, 0.3) is 0 Å². The Hall–Kier alpha value is -1.84. The normalized spacial score (nSPS) is 24.2. The Labute approximate surface area is 119 Å². The number of carbonyl (C=O) groups is 2. The third-order valence-corrected chi connectivity index (χ3v) is 4.16. The van der Waals surface area contributed by atoms with Crippen molar-refractivity contribution in [2.24, 2.45) is 17.8 Å². The maximum absolute atomic E-state index is 12.2. The summed E-state index contributed by atoms with van der Waals surface area (Å²) in [7, 11) is 0. The molecule has 0 unspecified atom stereocenters. The first-order valence-corrected chi connectivity index (χ1v) is 7.18. The van der Waals surface area contributed by atoms with Crippen LogP contribution in [0.3, 0.4) is 0 Å². The van der Waals surface area contributed by atoms with Crippen molar-refractivity contribution in [2.45, 2.75) is 33.1 Å². The molecule has 1 aromatic carbocycles. The van der Waals surface area contributed by atoms with Crippen molar-refractivity contribution in [3.63, 3.8) is 0 Å². The molecule has 4 heteroatoms. The van der Waals surface area contributed by atoms with E-state index in [0.717, 1.165) is 12.8 Å². The number of aromatic carboxylic acids is 1. The van der Waals surface area contributed by atoms with E-state index < -0.39 is 5.97 Å². The van der Waals surface area contributed by atoms with Crippen LogP contribution < -0.4 is 5.32 Å². The first kappa shape index (κ1) is 14.6. The van der Waals surface area contributed by atoms with Gasteiger partial charge in [0.1, 0.15) is 0 Å². The lowest BCUT2D eigenvalue weighted by Gasteiger charge is -2.05. The smallest absolute Gasteiger partial charge is 0.335 e. The third kappa shape index (κ3) is 3.18. The number of anilines is 1. The lowest BCUT2D eigenvalue weighted by Crippen LogP contribution is -2.15. The van der Waals surface area contributed by atoms with Crippen LogP contribution in [-0.4, -0.2) is 17.0 Å². The number of hydrogen-bond donors (Lipinski definition) is 2. The van der Waals surface area contributed by atoms with E-state index in [1.165, 1.54) is 18.6 Å². The zero-order valence-electron chi connectivity index (χ0n) is 11.9. The maximum Gasteiger partial charge on any atom is 0.335 e. The number of carboxylic acid groups (broad SMARTS) is 1. The van der Waals surface area contributed by atoms with Crippen LogP contribution >= 0.6 is 0 Å². The molecule has 108 valence electrons. The molecule has 0 bridgehead atoms. The van der Waals surface area contributed by atoms with Gasteiger partial charge in [0.2, 0.25) is 5.91 Å². The molecular formula is C16H21NO3. The molecule has 0 aliphatic heterocycles. The van der Waals surface area contributed by atoms with E-state index >= 15 is 0 Å². The lowest BCUT2D eigenvalue weighted by atomic mass is 10.1. The van der Waals surface area contributed by atoms with Gasteiger partial charge >= 0.3 is 5.97 Å². The highest BCUT2D eigenvalue weighted by Gasteiger charge is 2.50. The summed E-state index contributed by atoms with van der Waals surface area (Å²) in [5, 5.41) is 11.7. The van der Waals surface area contributed by atoms with Gasteiger partial charge in [-0.3, -0.25) is 4.79 Å². The van der Waals surface area contributed by atoms with Crippen molar-refractivity contribution < 1.29 is 14.7 Å². The van der Waals surface area contributed by atoms with Gasteiger partial charge in [-0.1, -0.05) is 26.7 Å². The molecule has 0 aromatic heterocycles. The fourth-order valence-electron chi connectivity index (χ4n) is 2.78. The van der Waals surface area contributed by atoms with Gasteiger partial charge in [-0.15, -0.1) is 0 Å². The highest BCUT2D eigenvalue weighted by molar-refractivity contribution is 5.95. The number of nitrogens with one attached hydrogen (secondary N) is 1. The molecule has 1 saturated carbocycles. The molecule has 0 heterocycles. The Morgan fingerprint density at radius 1 is 1.25 bits per heavy atom. The van der Waals surface area contributed by atoms with E-state index in [-0.39, 0.29) is 17.4 Å². The van der Waals surface area contributed by atoms with Crippen molar-refractivity contribution in [1.29, 1.82) is 0 Å². The molecule has 0 saturated heterocycles. The zero-order chi connectivity index (χ0) is 14.7. The predicted molar refractivity (Wildman–Crippen MR) is 77.7 cm³/mol. The van der Waals surface area contributed by atoms with Crippen molar-refractivity contribution in [2.75, 3.05) is 5.32 Å². The molecule has 3 atom stereocenters. The molecule has 1 fully saturated rings. The summed E-state index contributed by atoms with van der Waals surface area (Å²) in [5.41, 5.74) is 0.886. The van der Waals surface area contributed by atoms with E-state index in [4.69, 9.17) is 5.11 Å². The summed E-state index contributed by atoms with van der Waals surface area (Å²) in [5.74, 6) is 0.175. The minimum absolute atomic E-state index is 0.0571. The Bertz CT molecular complexity index is 495. The Balaban J connectivity index is 1.90. The molecule has 2 N–H and O–H groups in total. The van der Waals surface area contributed by atoms with Crippen LogP contribution in [0.2, 0.25) is 0 Å². The molecule has 0 radical (unpaired) electrons. The molecule has 1 aromatic rings. The molecular weight excluding hydrogens is 254 g/mol. The van der Waals surface area contributed by atoms with E-state index in [1.807, 2.05) is 0 Å². The Kier molecular flexibility index (Phi) is 4.42. The van der Waals surface area contributed by atoms with Crippen molar-refractivity contribution in [3.05, 3.63) is 29.8 Å². The van der Waals surface area contributed by atoms with Gasteiger partial charge < -0.3 is 10.4 Å². The zero-order valence-corrected chi connectivity index (χ0v) is 11.9. The number of carbonyl (C=O) groups excluding carboxylic acids is 1. The van der Waals surface area contributed by atoms with Gasteiger partial charge in [0.05, 0.1) is 5.56 Å². The summed E-state index contributed by atoms with van der Waals surface area (Å²) >= 11 is 0.